The van der Waals surface area contributed by atoms with Crippen LogP contribution in [0.15, 0.2) is 47.4 Å². The Hall–Kier alpha value is -3.44. The molecule has 0 aliphatic carbocycles. The molecule has 1 fully saturated rings. The Morgan fingerprint density at radius 1 is 1.23 bits per heavy atom. The van der Waals surface area contributed by atoms with Gasteiger partial charge in [0.1, 0.15) is 16.6 Å². The van der Waals surface area contributed by atoms with Crippen molar-refractivity contribution in [1.82, 2.24) is 4.90 Å². The van der Waals surface area contributed by atoms with Gasteiger partial charge in [0.05, 0.1) is 24.0 Å². The van der Waals surface area contributed by atoms with Gasteiger partial charge in [0.25, 0.3) is 11.6 Å². The Bertz CT molecular complexity index is 1100. The van der Waals surface area contributed by atoms with E-state index in [1.54, 1.807) is 30.3 Å². The third-order valence-corrected chi connectivity index (χ3v) is 5.63. The number of nitrogens with one attached hydrogen (secondary N) is 1. The lowest BCUT2D eigenvalue weighted by molar-refractivity contribution is -0.383. The largest absolute Gasteiger partial charge is 0.493 e. The Balaban J connectivity index is 1.74. The van der Waals surface area contributed by atoms with E-state index >= 15 is 0 Å². The first-order chi connectivity index (χ1) is 14.8. The van der Waals surface area contributed by atoms with Crippen molar-refractivity contribution >= 4 is 57.6 Å². The number of thioether (sulfide) groups is 1. The molecule has 9 nitrogen and oxygen atoms in total. The summed E-state index contributed by atoms with van der Waals surface area (Å²) in [7, 11) is 3.04. The van der Waals surface area contributed by atoms with E-state index in [0.29, 0.717) is 22.0 Å². The number of amides is 2. The van der Waals surface area contributed by atoms with E-state index in [0.717, 1.165) is 16.7 Å². The normalized spacial score (nSPS) is 14.6. The fourth-order valence-corrected chi connectivity index (χ4v) is 4.06. The highest BCUT2D eigenvalue weighted by atomic mass is 32.2. The molecule has 0 unspecified atom stereocenters. The number of anilines is 1. The van der Waals surface area contributed by atoms with Crippen LogP contribution < -0.4 is 14.8 Å². The predicted molar refractivity (Wildman–Crippen MR) is 121 cm³/mol. The second-order valence-corrected chi connectivity index (χ2v) is 7.88. The summed E-state index contributed by atoms with van der Waals surface area (Å²) in [6, 6.07) is 10.9. The Kier molecular flexibility index (Phi) is 6.88. The minimum absolute atomic E-state index is 0.0452. The van der Waals surface area contributed by atoms with Crippen LogP contribution in [0.5, 0.6) is 11.5 Å². The molecule has 1 saturated heterocycles. The zero-order valence-electron chi connectivity index (χ0n) is 16.5. The Morgan fingerprint density at radius 3 is 2.61 bits per heavy atom. The van der Waals surface area contributed by atoms with Gasteiger partial charge < -0.3 is 14.8 Å². The van der Waals surface area contributed by atoms with Crippen LogP contribution in [0.3, 0.4) is 0 Å². The van der Waals surface area contributed by atoms with Crippen molar-refractivity contribution in [3.63, 3.8) is 0 Å². The van der Waals surface area contributed by atoms with E-state index in [1.807, 2.05) is 0 Å². The zero-order valence-corrected chi connectivity index (χ0v) is 18.1. The van der Waals surface area contributed by atoms with Crippen molar-refractivity contribution in [3.8, 4) is 11.5 Å². The van der Waals surface area contributed by atoms with Crippen LogP contribution in [0.25, 0.3) is 6.08 Å². The van der Waals surface area contributed by atoms with Crippen molar-refractivity contribution < 1.29 is 24.0 Å². The number of rotatable bonds is 7. The number of nitro groups is 1. The second-order valence-electron chi connectivity index (χ2n) is 6.20. The van der Waals surface area contributed by atoms with E-state index in [2.05, 4.69) is 5.32 Å². The SMILES string of the molecule is COc1ccc(/C=C2\SC(=S)N(CC(=O)Nc3ccccc3[N+](=O)[O-])C2=O)cc1OC. The van der Waals surface area contributed by atoms with Crippen molar-refractivity contribution in [2.24, 2.45) is 0 Å². The molecular weight excluding hydrogens is 442 g/mol. The number of nitro benzene ring substituents is 1. The Labute approximate surface area is 187 Å². The predicted octanol–water partition coefficient (Wildman–Crippen LogP) is 3.45. The van der Waals surface area contributed by atoms with E-state index in [4.69, 9.17) is 21.7 Å². The fourth-order valence-electron chi connectivity index (χ4n) is 2.80. The molecule has 2 aromatic rings. The molecule has 0 saturated carbocycles. The summed E-state index contributed by atoms with van der Waals surface area (Å²) in [4.78, 5) is 37.2. The lowest BCUT2D eigenvalue weighted by atomic mass is 10.2. The van der Waals surface area contributed by atoms with Crippen LogP contribution in [0.1, 0.15) is 5.56 Å². The average Bonchev–Trinajstić information content (AvgIpc) is 3.01. The third kappa shape index (κ3) is 5.01. The molecule has 3 rings (SSSR count). The minimum atomic E-state index is -0.599. The highest BCUT2D eigenvalue weighted by molar-refractivity contribution is 8.26. The third-order valence-electron chi connectivity index (χ3n) is 4.26. The summed E-state index contributed by atoms with van der Waals surface area (Å²) in [5.74, 6) is 0.0369. The van der Waals surface area contributed by atoms with Gasteiger partial charge in [-0.2, -0.15) is 0 Å². The highest BCUT2D eigenvalue weighted by Gasteiger charge is 2.33. The molecule has 160 valence electrons. The smallest absolute Gasteiger partial charge is 0.292 e. The highest BCUT2D eigenvalue weighted by Crippen LogP contribution is 2.34. The van der Waals surface area contributed by atoms with Crippen LogP contribution in [0.4, 0.5) is 11.4 Å². The maximum absolute atomic E-state index is 12.8. The molecule has 1 aliphatic rings. The summed E-state index contributed by atoms with van der Waals surface area (Å²) >= 11 is 6.31. The second kappa shape index (κ2) is 9.58. The van der Waals surface area contributed by atoms with Crippen molar-refractivity contribution in [2.45, 2.75) is 0 Å². The van der Waals surface area contributed by atoms with Crippen molar-refractivity contribution in [2.75, 3.05) is 26.1 Å². The molecule has 0 radical (unpaired) electrons. The van der Waals surface area contributed by atoms with Crippen LogP contribution in [0.2, 0.25) is 0 Å². The number of hydrogen-bond donors (Lipinski definition) is 1. The number of carbonyl (C=O) groups is 2. The molecule has 2 aromatic carbocycles. The van der Waals surface area contributed by atoms with E-state index in [-0.39, 0.29) is 22.2 Å². The van der Waals surface area contributed by atoms with E-state index < -0.39 is 16.7 Å². The van der Waals surface area contributed by atoms with Gasteiger partial charge in [-0.05, 0) is 29.8 Å². The van der Waals surface area contributed by atoms with Gasteiger partial charge in [0.2, 0.25) is 5.91 Å². The quantitative estimate of drug-likeness (QED) is 0.290. The molecule has 0 aromatic heterocycles. The molecule has 0 atom stereocenters. The molecule has 0 bridgehead atoms. The number of hydrogen-bond acceptors (Lipinski definition) is 8. The van der Waals surface area contributed by atoms with Gasteiger partial charge in [-0.1, -0.05) is 42.2 Å². The van der Waals surface area contributed by atoms with Crippen molar-refractivity contribution in [1.29, 1.82) is 0 Å². The number of nitrogens with zero attached hydrogens (tertiary/aromatic N) is 2. The van der Waals surface area contributed by atoms with Crippen LogP contribution >= 0.6 is 24.0 Å². The monoisotopic (exact) mass is 459 g/mol. The van der Waals surface area contributed by atoms with Crippen LogP contribution in [-0.4, -0.2) is 46.7 Å². The first kappa shape index (κ1) is 22.2. The van der Waals surface area contributed by atoms with E-state index in [9.17, 15) is 19.7 Å². The van der Waals surface area contributed by atoms with Gasteiger partial charge in [-0.15, -0.1) is 0 Å². The number of para-hydroxylation sites is 2. The summed E-state index contributed by atoms with van der Waals surface area (Å²) in [6.07, 6.45) is 1.64. The van der Waals surface area contributed by atoms with Crippen LogP contribution in [-0.2, 0) is 9.59 Å². The molecule has 31 heavy (non-hydrogen) atoms. The van der Waals surface area contributed by atoms with Gasteiger partial charge in [-0.3, -0.25) is 24.6 Å². The average molecular weight is 460 g/mol. The number of carbonyl (C=O) groups excluding carboxylic acids is 2. The Morgan fingerprint density at radius 2 is 1.94 bits per heavy atom. The number of thiocarbonyl (C=S) groups is 1. The van der Waals surface area contributed by atoms with Gasteiger partial charge in [0, 0.05) is 6.07 Å². The molecular formula is C20H17N3O6S2. The summed E-state index contributed by atoms with van der Waals surface area (Å²) in [6.45, 7) is -0.361. The van der Waals surface area contributed by atoms with Gasteiger partial charge >= 0.3 is 0 Å². The minimum Gasteiger partial charge on any atom is -0.493 e. The van der Waals surface area contributed by atoms with E-state index in [1.165, 1.54) is 32.4 Å². The standard InChI is InChI=1S/C20H17N3O6S2/c1-28-15-8-7-12(9-16(15)29-2)10-17-19(25)22(20(30)31-17)11-18(24)21-13-5-3-4-6-14(13)23(26)27/h3-10H,11H2,1-2H3,(H,21,24)/b17-10-. The maximum Gasteiger partial charge on any atom is 0.292 e. The molecule has 0 spiro atoms. The lowest BCUT2D eigenvalue weighted by Gasteiger charge is -2.14. The van der Waals surface area contributed by atoms with Gasteiger partial charge in [-0.25, -0.2) is 0 Å². The maximum atomic E-state index is 12.8. The number of ether oxygens (including phenoxy) is 2. The molecule has 1 N–H and O–H groups in total. The number of methoxy groups -OCH3 is 2. The fraction of sp³-hybridized carbons (Fsp3) is 0.150. The lowest BCUT2D eigenvalue weighted by Crippen LogP contribution is -2.36. The summed E-state index contributed by atoms with van der Waals surface area (Å²) in [5, 5.41) is 13.6. The van der Waals surface area contributed by atoms with Gasteiger partial charge in [0.15, 0.2) is 11.5 Å². The number of benzene rings is 2. The first-order valence-corrected chi connectivity index (χ1v) is 10.1. The molecule has 1 aliphatic heterocycles. The summed E-state index contributed by atoms with van der Waals surface area (Å²) < 4.78 is 10.7. The molecule has 1 heterocycles. The zero-order chi connectivity index (χ0) is 22.5. The first-order valence-electron chi connectivity index (χ1n) is 8.84. The topological polar surface area (TPSA) is 111 Å². The molecule has 2 amide bonds. The summed E-state index contributed by atoms with van der Waals surface area (Å²) in [5.41, 5.74) is 0.501. The molecule has 11 heteroatoms. The van der Waals surface area contributed by atoms with Crippen molar-refractivity contribution in [3.05, 3.63) is 63.0 Å². The van der Waals surface area contributed by atoms with Crippen LogP contribution in [0, 0.1) is 10.1 Å².